The van der Waals surface area contributed by atoms with Crippen molar-refractivity contribution in [1.29, 1.82) is 0 Å². The van der Waals surface area contributed by atoms with Crippen LogP contribution in [-0.4, -0.2) is 69.4 Å². The molecule has 8 nitrogen and oxygen atoms in total. The molecule has 2 aliphatic heterocycles. The van der Waals surface area contributed by atoms with Gasteiger partial charge in [-0.3, -0.25) is 4.79 Å². The molecule has 8 heteroatoms. The number of benzene rings is 1. The van der Waals surface area contributed by atoms with Gasteiger partial charge >= 0.3 is 5.97 Å². The van der Waals surface area contributed by atoms with E-state index in [0.717, 1.165) is 5.56 Å². The van der Waals surface area contributed by atoms with Crippen molar-refractivity contribution in [3.05, 3.63) is 35.9 Å². The van der Waals surface area contributed by atoms with Crippen LogP contribution in [0, 0.1) is 23.2 Å². The highest BCUT2D eigenvalue weighted by Gasteiger charge is 2.47. The van der Waals surface area contributed by atoms with Gasteiger partial charge in [0.25, 0.3) is 0 Å². The second kappa shape index (κ2) is 13.2. The van der Waals surface area contributed by atoms with Crippen LogP contribution in [0.3, 0.4) is 0 Å². The Bertz CT molecular complexity index is 867. The number of ether oxygens (including phenoxy) is 7. The molecule has 0 bridgehead atoms. The number of hydrogen-bond acceptors (Lipinski definition) is 8. The van der Waals surface area contributed by atoms with E-state index in [2.05, 4.69) is 32.9 Å². The maximum Gasteiger partial charge on any atom is 0.311 e. The first-order valence-corrected chi connectivity index (χ1v) is 13.8. The van der Waals surface area contributed by atoms with Gasteiger partial charge in [0.15, 0.2) is 12.1 Å². The SMILES string of the molecule is CO[C@H](COC1OC(COCc2ccccc2)C(C)C(C)C1C)[C@@H]1OC(C)(C)O[C@@H]1COC(=O)C(C)(C)C. The summed E-state index contributed by atoms with van der Waals surface area (Å²) in [5.41, 5.74) is 0.537. The standard InChI is InChI=1S/C30H48O8/c1-19-20(2)23(16-33-15-22-13-11-10-12-14-22)36-27(21(19)3)34-17-24(32-9)26-25(37-30(7,8)38-26)18-35-28(31)29(4,5)6/h10-14,19-21,23-27H,15-18H2,1-9H3/t19?,20?,21?,23?,24-,25-,26+,27?/m1/s1. The van der Waals surface area contributed by atoms with E-state index in [1.807, 2.05) is 52.8 Å². The molecule has 5 unspecified atom stereocenters. The summed E-state index contributed by atoms with van der Waals surface area (Å²) in [6, 6.07) is 10.1. The van der Waals surface area contributed by atoms with Gasteiger partial charge in [-0.1, -0.05) is 51.1 Å². The Balaban J connectivity index is 1.58. The average Bonchev–Trinajstić information content (AvgIpc) is 3.17. The van der Waals surface area contributed by atoms with Crippen LogP contribution in [0.5, 0.6) is 0 Å². The number of esters is 1. The quantitative estimate of drug-likeness (QED) is 0.367. The molecule has 38 heavy (non-hydrogen) atoms. The highest BCUT2D eigenvalue weighted by atomic mass is 16.8. The molecule has 0 aliphatic carbocycles. The van der Waals surface area contributed by atoms with Crippen LogP contribution in [0.15, 0.2) is 30.3 Å². The van der Waals surface area contributed by atoms with Crippen molar-refractivity contribution in [3.63, 3.8) is 0 Å². The van der Waals surface area contributed by atoms with E-state index in [9.17, 15) is 4.79 Å². The van der Waals surface area contributed by atoms with E-state index in [0.29, 0.717) is 25.0 Å². The van der Waals surface area contributed by atoms with Gasteiger partial charge in [0.1, 0.15) is 24.9 Å². The average molecular weight is 537 g/mol. The summed E-state index contributed by atoms with van der Waals surface area (Å²) >= 11 is 0. The number of carbonyl (C=O) groups is 1. The summed E-state index contributed by atoms with van der Waals surface area (Å²) in [4.78, 5) is 12.3. The van der Waals surface area contributed by atoms with Gasteiger partial charge < -0.3 is 33.2 Å². The van der Waals surface area contributed by atoms with E-state index >= 15 is 0 Å². The Labute approximate surface area is 228 Å². The zero-order valence-corrected chi connectivity index (χ0v) is 24.6. The molecule has 0 N–H and O–H groups in total. The van der Waals surface area contributed by atoms with Gasteiger partial charge in [0, 0.05) is 13.0 Å². The molecule has 0 radical (unpaired) electrons. The molecule has 0 amide bonds. The monoisotopic (exact) mass is 536 g/mol. The summed E-state index contributed by atoms with van der Waals surface area (Å²) in [5, 5.41) is 0. The summed E-state index contributed by atoms with van der Waals surface area (Å²) in [6.07, 6.45) is -1.87. The lowest BCUT2D eigenvalue weighted by atomic mass is 9.79. The fourth-order valence-electron chi connectivity index (χ4n) is 4.90. The highest BCUT2D eigenvalue weighted by Crippen LogP contribution is 2.37. The van der Waals surface area contributed by atoms with Crippen LogP contribution < -0.4 is 0 Å². The maximum absolute atomic E-state index is 12.3. The molecule has 2 aliphatic rings. The van der Waals surface area contributed by atoms with Crippen LogP contribution in [0.25, 0.3) is 0 Å². The van der Waals surface area contributed by atoms with Crippen molar-refractivity contribution >= 4 is 5.97 Å². The van der Waals surface area contributed by atoms with Crippen molar-refractivity contribution in [2.45, 2.75) is 98.5 Å². The third-order valence-electron chi connectivity index (χ3n) is 7.68. The fourth-order valence-corrected chi connectivity index (χ4v) is 4.90. The summed E-state index contributed by atoms with van der Waals surface area (Å²) in [6.45, 7) is 17.1. The van der Waals surface area contributed by atoms with Gasteiger partial charge in [-0.15, -0.1) is 0 Å². The van der Waals surface area contributed by atoms with Gasteiger partial charge in [-0.05, 0) is 52.0 Å². The first-order valence-electron chi connectivity index (χ1n) is 13.8. The van der Waals surface area contributed by atoms with E-state index in [-0.39, 0.29) is 31.2 Å². The van der Waals surface area contributed by atoms with Crippen LogP contribution in [0.2, 0.25) is 0 Å². The van der Waals surface area contributed by atoms with Crippen molar-refractivity contribution in [1.82, 2.24) is 0 Å². The highest BCUT2D eigenvalue weighted by molar-refractivity contribution is 5.75. The van der Waals surface area contributed by atoms with E-state index < -0.39 is 35.8 Å². The third kappa shape index (κ3) is 8.23. The Morgan fingerprint density at radius 3 is 2.29 bits per heavy atom. The molecule has 0 saturated carbocycles. The molecule has 3 rings (SSSR count). The Kier molecular flexibility index (Phi) is 10.8. The first-order chi connectivity index (χ1) is 17.8. The molecule has 2 fully saturated rings. The fraction of sp³-hybridized carbons (Fsp3) is 0.767. The van der Waals surface area contributed by atoms with Crippen LogP contribution in [0.1, 0.15) is 61.0 Å². The molecule has 216 valence electrons. The minimum Gasteiger partial charge on any atom is -0.462 e. The first kappa shape index (κ1) is 31.0. The Morgan fingerprint density at radius 2 is 1.66 bits per heavy atom. The van der Waals surface area contributed by atoms with E-state index in [4.69, 9.17) is 33.2 Å². The van der Waals surface area contributed by atoms with E-state index in [1.54, 1.807) is 7.11 Å². The van der Waals surface area contributed by atoms with Gasteiger partial charge in [0.05, 0.1) is 31.3 Å². The van der Waals surface area contributed by atoms with Crippen molar-refractivity contribution in [2.24, 2.45) is 23.2 Å². The van der Waals surface area contributed by atoms with Crippen molar-refractivity contribution < 1.29 is 38.0 Å². The number of methoxy groups -OCH3 is 1. The van der Waals surface area contributed by atoms with E-state index in [1.165, 1.54) is 0 Å². The van der Waals surface area contributed by atoms with Gasteiger partial charge in [0.2, 0.25) is 0 Å². The normalized spacial score (nSPS) is 32.2. The lowest BCUT2D eigenvalue weighted by molar-refractivity contribution is -0.267. The zero-order chi connectivity index (χ0) is 28.1. The minimum atomic E-state index is -0.833. The third-order valence-corrected chi connectivity index (χ3v) is 7.68. The summed E-state index contributed by atoms with van der Waals surface area (Å²) < 4.78 is 42.3. The largest absolute Gasteiger partial charge is 0.462 e. The predicted octanol–water partition coefficient (Wildman–Crippen LogP) is 4.98. The molecule has 0 spiro atoms. The van der Waals surface area contributed by atoms with Crippen LogP contribution in [-0.2, 0) is 44.6 Å². The van der Waals surface area contributed by atoms with Gasteiger partial charge in [-0.25, -0.2) is 0 Å². The molecule has 1 aromatic carbocycles. The second-order valence-corrected chi connectivity index (χ2v) is 12.2. The number of carbonyl (C=O) groups excluding carboxylic acids is 1. The minimum absolute atomic E-state index is 0.0783. The Morgan fingerprint density at radius 1 is 0.974 bits per heavy atom. The molecule has 0 aromatic heterocycles. The number of rotatable bonds is 11. The second-order valence-electron chi connectivity index (χ2n) is 12.2. The number of hydrogen-bond donors (Lipinski definition) is 0. The van der Waals surface area contributed by atoms with Gasteiger partial charge in [-0.2, -0.15) is 0 Å². The molecule has 1 aromatic rings. The van der Waals surface area contributed by atoms with Crippen LogP contribution >= 0.6 is 0 Å². The topological polar surface area (TPSA) is 81.7 Å². The summed E-state index contributed by atoms with van der Waals surface area (Å²) in [7, 11) is 1.62. The smallest absolute Gasteiger partial charge is 0.311 e. The summed E-state index contributed by atoms with van der Waals surface area (Å²) in [5.74, 6) is -0.223. The lowest BCUT2D eigenvalue weighted by Gasteiger charge is -2.43. The molecule has 2 saturated heterocycles. The molecular weight excluding hydrogens is 488 g/mol. The van der Waals surface area contributed by atoms with Crippen molar-refractivity contribution in [2.75, 3.05) is 26.9 Å². The lowest BCUT2D eigenvalue weighted by Crippen LogP contribution is -2.49. The Hall–Kier alpha value is -1.55. The maximum atomic E-state index is 12.3. The van der Waals surface area contributed by atoms with Crippen LogP contribution in [0.4, 0.5) is 0 Å². The van der Waals surface area contributed by atoms with Crippen molar-refractivity contribution in [3.8, 4) is 0 Å². The molecule has 2 heterocycles. The zero-order valence-electron chi connectivity index (χ0n) is 24.6. The molecular formula is C30H48O8. The predicted molar refractivity (Wildman–Crippen MR) is 143 cm³/mol. The molecule has 8 atom stereocenters.